The normalized spacial score (nSPS) is 27.0. The van der Waals surface area contributed by atoms with Gasteiger partial charge in [0.25, 0.3) is 0 Å². The molecule has 2 aromatic carbocycles. The van der Waals surface area contributed by atoms with Gasteiger partial charge >= 0.3 is 0 Å². The summed E-state index contributed by atoms with van der Waals surface area (Å²) in [6, 6.07) is 14.7. The summed E-state index contributed by atoms with van der Waals surface area (Å²) in [7, 11) is 0. The minimum atomic E-state index is 0.240. The van der Waals surface area contributed by atoms with Crippen molar-refractivity contribution in [2.24, 2.45) is 0 Å². The second-order valence-electron chi connectivity index (χ2n) is 9.18. The van der Waals surface area contributed by atoms with Crippen molar-refractivity contribution >= 4 is 11.4 Å². The van der Waals surface area contributed by atoms with Gasteiger partial charge in [-0.1, -0.05) is 30.8 Å². The Hall–Kier alpha value is -2.38. The zero-order valence-electron chi connectivity index (χ0n) is 18.3. The molecule has 6 heteroatoms. The zero-order valence-corrected chi connectivity index (χ0v) is 18.3. The maximum atomic E-state index is 5.67. The number of nitrogens with zero attached hydrogens (tertiary/aromatic N) is 1. The molecule has 6 nitrogen and oxygen atoms in total. The molecule has 0 spiro atoms. The van der Waals surface area contributed by atoms with Gasteiger partial charge in [-0.25, -0.2) is 0 Å². The molecule has 4 saturated heterocycles. The summed E-state index contributed by atoms with van der Waals surface area (Å²) < 4.78 is 22.5. The quantitative estimate of drug-likeness (QED) is 0.517. The molecule has 6 rings (SSSR count). The molecule has 0 saturated carbocycles. The molecule has 0 aliphatic carbocycles. The van der Waals surface area contributed by atoms with E-state index in [2.05, 4.69) is 41.1 Å². The van der Waals surface area contributed by atoms with Crippen LogP contribution in [0.1, 0.15) is 16.7 Å². The number of benzene rings is 2. The van der Waals surface area contributed by atoms with Crippen LogP contribution in [0.15, 0.2) is 54.9 Å². The first-order valence-electron chi connectivity index (χ1n) is 11.6. The predicted molar refractivity (Wildman–Crippen MR) is 123 cm³/mol. The molecule has 168 valence electrons. The van der Waals surface area contributed by atoms with E-state index in [1.54, 1.807) is 0 Å². The monoisotopic (exact) mass is 434 g/mol. The van der Waals surface area contributed by atoms with Gasteiger partial charge in [-0.2, -0.15) is 0 Å². The van der Waals surface area contributed by atoms with E-state index in [0.29, 0.717) is 18.3 Å². The van der Waals surface area contributed by atoms with Crippen LogP contribution in [0.5, 0.6) is 0 Å². The van der Waals surface area contributed by atoms with Gasteiger partial charge in [-0.15, -0.1) is 0 Å². The lowest BCUT2D eigenvalue weighted by atomic mass is 9.90. The minimum absolute atomic E-state index is 0.240. The van der Waals surface area contributed by atoms with Gasteiger partial charge in [-0.05, 0) is 34.9 Å². The first-order chi connectivity index (χ1) is 15.7. The van der Waals surface area contributed by atoms with Gasteiger partial charge in [0.05, 0.1) is 57.4 Å². The lowest BCUT2D eigenvalue weighted by Gasteiger charge is -2.31. The van der Waals surface area contributed by atoms with E-state index in [1.165, 1.54) is 22.4 Å². The Morgan fingerprint density at radius 3 is 2.00 bits per heavy atom. The van der Waals surface area contributed by atoms with E-state index in [9.17, 15) is 0 Å². The van der Waals surface area contributed by atoms with Crippen molar-refractivity contribution in [3.63, 3.8) is 0 Å². The van der Waals surface area contributed by atoms with Gasteiger partial charge < -0.3 is 29.2 Å². The summed E-state index contributed by atoms with van der Waals surface area (Å²) in [4.78, 5) is 2.29. The third kappa shape index (κ3) is 4.99. The van der Waals surface area contributed by atoms with Crippen LogP contribution in [0.4, 0.5) is 11.4 Å². The number of anilines is 2. The Labute approximate surface area is 189 Å². The highest BCUT2D eigenvalue weighted by Crippen LogP contribution is 2.37. The number of para-hydroxylation sites is 1. The van der Waals surface area contributed by atoms with Crippen molar-refractivity contribution < 1.29 is 18.9 Å². The van der Waals surface area contributed by atoms with Crippen LogP contribution in [0.25, 0.3) is 0 Å². The van der Waals surface area contributed by atoms with E-state index >= 15 is 0 Å². The van der Waals surface area contributed by atoms with Gasteiger partial charge in [-0.3, -0.25) is 0 Å². The molecule has 4 fully saturated rings. The van der Waals surface area contributed by atoms with Crippen molar-refractivity contribution in [2.75, 3.05) is 43.2 Å². The number of rotatable bonds is 12. The minimum Gasteiger partial charge on any atom is -0.373 e. The Morgan fingerprint density at radius 2 is 1.38 bits per heavy atom. The van der Waals surface area contributed by atoms with Crippen molar-refractivity contribution in [3.8, 4) is 0 Å². The summed E-state index contributed by atoms with van der Waals surface area (Å²) in [5, 5.41) is 3.50. The molecule has 4 aliphatic heterocycles. The Kier molecular flexibility index (Phi) is 5.39. The van der Waals surface area contributed by atoms with E-state index in [1.807, 2.05) is 18.2 Å². The highest BCUT2D eigenvalue weighted by atomic mass is 16.6. The van der Waals surface area contributed by atoms with Crippen LogP contribution < -0.4 is 10.2 Å². The molecule has 0 radical (unpaired) electrons. The second kappa shape index (κ2) is 8.52. The summed E-state index contributed by atoms with van der Waals surface area (Å²) >= 11 is 0. The Bertz CT molecular complexity index is 979. The standard InChI is InChI=1S/C26H30N2O4/c1-17(27-19-5-3-2-4-6-19)28(12-23-16-32-23)26-8-7-18(9-20-13-29-20)24(10-21-14-30-21)25(26)11-22-15-31-22/h2-8,20-23,27H,1,9-16H2. The first-order valence-corrected chi connectivity index (χ1v) is 11.6. The fourth-order valence-electron chi connectivity index (χ4n) is 4.40. The van der Waals surface area contributed by atoms with Crippen LogP contribution in [-0.2, 0) is 38.2 Å². The molecule has 4 heterocycles. The maximum Gasteiger partial charge on any atom is 0.103 e. The third-order valence-electron chi connectivity index (χ3n) is 6.49. The number of epoxide rings is 4. The van der Waals surface area contributed by atoms with Crippen molar-refractivity contribution in [1.82, 2.24) is 0 Å². The predicted octanol–water partition coefficient (Wildman–Crippen LogP) is 3.30. The SMILES string of the molecule is C=C(Nc1ccccc1)N(CC1CO1)c1ccc(CC2CO2)c(CC2CO2)c1CC1CO1. The third-order valence-corrected chi connectivity index (χ3v) is 6.49. The summed E-state index contributed by atoms with van der Waals surface area (Å²) in [5.41, 5.74) is 6.37. The van der Waals surface area contributed by atoms with Gasteiger partial charge in [0, 0.05) is 30.6 Å². The molecule has 1 N–H and O–H groups in total. The topological polar surface area (TPSA) is 65.4 Å². The van der Waals surface area contributed by atoms with Gasteiger partial charge in [0.2, 0.25) is 0 Å². The largest absolute Gasteiger partial charge is 0.373 e. The van der Waals surface area contributed by atoms with Crippen molar-refractivity contribution in [2.45, 2.75) is 43.7 Å². The molecule has 32 heavy (non-hydrogen) atoms. The van der Waals surface area contributed by atoms with Crippen molar-refractivity contribution in [1.29, 1.82) is 0 Å². The van der Waals surface area contributed by atoms with E-state index in [4.69, 9.17) is 18.9 Å². The average Bonchev–Trinajstić information content (AvgIpc) is 3.62. The smallest absolute Gasteiger partial charge is 0.103 e. The second-order valence-corrected chi connectivity index (χ2v) is 9.18. The number of nitrogens with one attached hydrogen (secondary N) is 1. The van der Waals surface area contributed by atoms with Gasteiger partial charge in [0.15, 0.2) is 0 Å². The molecular formula is C26H30N2O4. The van der Waals surface area contributed by atoms with Crippen LogP contribution >= 0.6 is 0 Å². The Balaban J connectivity index is 1.36. The molecule has 2 aromatic rings. The maximum absolute atomic E-state index is 5.67. The molecule has 0 bridgehead atoms. The van der Waals surface area contributed by atoms with E-state index in [-0.39, 0.29) is 6.10 Å². The van der Waals surface area contributed by atoms with E-state index in [0.717, 1.165) is 63.7 Å². The molecule has 4 atom stereocenters. The molecule has 4 aliphatic rings. The molecule has 0 amide bonds. The Morgan fingerprint density at radius 1 is 0.781 bits per heavy atom. The highest BCUT2D eigenvalue weighted by molar-refractivity contribution is 5.65. The van der Waals surface area contributed by atoms with Crippen LogP contribution in [0.2, 0.25) is 0 Å². The number of hydrogen-bond acceptors (Lipinski definition) is 6. The summed E-state index contributed by atoms with van der Waals surface area (Å²) in [5.74, 6) is 0.858. The molecular weight excluding hydrogens is 404 g/mol. The van der Waals surface area contributed by atoms with Crippen LogP contribution in [0, 0.1) is 0 Å². The fraction of sp³-hybridized carbons (Fsp3) is 0.462. The van der Waals surface area contributed by atoms with Crippen LogP contribution in [-0.4, -0.2) is 57.4 Å². The zero-order chi connectivity index (χ0) is 21.5. The average molecular weight is 435 g/mol. The fourth-order valence-corrected chi connectivity index (χ4v) is 4.40. The molecule has 4 unspecified atom stereocenters. The van der Waals surface area contributed by atoms with Crippen LogP contribution in [0.3, 0.4) is 0 Å². The number of hydrogen-bond donors (Lipinski definition) is 1. The molecule has 0 aromatic heterocycles. The summed E-state index contributed by atoms with van der Waals surface area (Å²) in [6.45, 7) is 8.55. The van der Waals surface area contributed by atoms with Gasteiger partial charge in [0.1, 0.15) is 5.82 Å². The highest BCUT2D eigenvalue weighted by Gasteiger charge is 2.34. The first kappa shape index (κ1) is 20.2. The van der Waals surface area contributed by atoms with Crippen molar-refractivity contribution in [3.05, 3.63) is 71.6 Å². The van der Waals surface area contributed by atoms with E-state index < -0.39 is 0 Å². The summed E-state index contributed by atoms with van der Waals surface area (Å²) in [6.07, 6.45) is 4.06. The lowest BCUT2D eigenvalue weighted by Crippen LogP contribution is -2.32. The lowest BCUT2D eigenvalue weighted by molar-refractivity contribution is 0.397. The number of ether oxygens (including phenoxy) is 4.